The van der Waals surface area contributed by atoms with Crippen molar-refractivity contribution < 1.29 is 14.2 Å². The molecule has 1 aromatic heterocycles. The van der Waals surface area contributed by atoms with Crippen LogP contribution in [0.1, 0.15) is 34.5 Å². The summed E-state index contributed by atoms with van der Waals surface area (Å²) in [4.78, 5) is 20.4. The van der Waals surface area contributed by atoms with Crippen molar-refractivity contribution in [1.29, 1.82) is 0 Å². The van der Waals surface area contributed by atoms with E-state index in [4.69, 9.17) is 55.8 Å². The van der Waals surface area contributed by atoms with Crippen molar-refractivity contribution in [2.24, 2.45) is 5.16 Å². The maximum Gasteiger partial charge on any atom is 0.371 e. The first-order valence-electron chi connectivity index (χ1n) is 9.77. The Morgan fingerprint density at radius 2 is 1.53 bits per heavy atom. The molecule has 4 rings (SSSR count). The van der Waals surface area contributed by atoms with Gasteiger partial charge in [-0.05, 0) is 44.0 Å². The monoisotopic (exact) mass is 511 g/mol. The molecule has 0 atom stereocenters. The zero-order chi connectivity index (χ0) is 22.8. The number of hydrogen-bond acceptors (Lipinski definition) is 5. The van der Waals surface area contributed by atoms with Crippen LogP contribution in [-0.4, -0.2) is 35.0 Å². The van der Waals surface area contributed by atoms with Crippen LogP contribution >= 0.6 is 46.4 Å². The average Bonchev–Trinajstić information content (AvgIpc) is 3.40. The Labute approximate surface area is 204 Å². The summed E-state index contributed by atoms with van der Waals surface area (Å²) in [6.07, 6.45) is 1.96. The van der Waals surface area contributed by atoms with Crippen LogP contribution in [0.5, 0.6) is 0 Å². The molecule has 0 radical (unpaired) electrons. The molecule has 1 saturated heterocycles. The Balaban J connectivity index is 1.73. The Morgan fingerprint density at radius 3 is 2.12 bits per heavy atom. The van der Waals surface area contributed by atoms with Gasteiger partial charge in [-0.1, -0.05) is 68.8 Å². The van der Waals surface area contributed by atoms with Crippen molar-refractivity contribution in [3.8, 4) is 11.3 Å². The van der Waals surface area contributed by atoms with Gasteiger partial charge in [0.25, 0.3) is 0 Å². The number of halogens is 4. The van der Waals surface area contributed by atoms with Crippen molar-refractivity contribution >= 4 is 58.2 Å². The minimum Gasteiger partial charge on any atom is -0.360 e. The Morgan fingerprint density at radius 1 is 0.969 bits per heavy atom. The molecule has 1 aliphatic rings. The number of nitrogens with zero attached hydrogens (tertiary/aromatic N) is 3. The number of benzene rings is 2. The molecule has 3 aromatic rings. The highest BCUT2D eigenvalue weighted by Gasteiger charge is 2.28. The van der Waals surface area contributed by atoms with Crippen LogP contribution in [-0.2, 0) is 4.84 Å². The molecule has 1 fully saturated rings. The highest BCUT2D eigenvalue weighted by molar-refractivity contribution is 6.40. The first-order chi connectivity index (χ1) is 15.4. The lowest BCUT2D eigenvalue weighted by Gasteiger charge is -2.21. The maximum atomic E-state index is 13.1. The summed E-state index contributed by atoms with van der Waals surface area (Å²) < 4.78 is 5.24. The van der Waals surface area contributed by atoms with Gasteiger partial charge in [0.1, 0.15) is 17.0 Å². The van der Waals surface area contributed by atoms with Crippen molar-refractivity contribution in [2.45, 2.75) is 19.8 Å². The summed E-state index contributed by atoms with van der Waals surface area (Å²) in [6.45, 7) is 3.07. The topological polar surface area (TPSA) is 67.9 Å². The van der Waals surface area contributed by atoms with E-state index in [9.17, 15) is 4.79 Å². The molecular formula is C22H17Cl4N3O3. The van der Waals surface area contributed by atoms with E-state index in [2.05, 4.69) is 10.3 Å². The highest BCUT2D eigenvalue weighted by atomic mass is 35.5. The predicted octanol–water partition coefficient (Wildman–Crippen LogP) is 6.88. The molecule has 0 amide bonds. The third-order valence-electron chi connectivity index (χ3n) is 5.07. The average molecular weight is 513 g/mol. The van der Waals surface area contributed by atoms with Crippen molar-refractivity contribution in [3.63, 3.8) is 0 Å². The normalized spacial score (nSPS) is 14.2. The van der Waals surface area contributed by atoms with E-state index in [1.807, 2.05) is 4.90 Å². The van der Waals surface area contributed by atoms with Crippen LogP contribution in [0.15, 0.2) is 46.1 Å². The predicted molar refractivity (Wildman–Crippen MR) is 126 cm³/mol. The standard InChI is InChI=1S/C22H17Cl4N3O3/c1-12-17(20(27-31-12)18-13(23)6-4-7-14(18)24)22(30)32-28-21(29-10-2-3-11-29)19-15(25)8-5-9-16(19)26/h4-9H,2-3,10-11H2,1H3/b28-21+. The van der Waals surface area contributed by atoms with Gasteiger partial charge < -0.3 is 14.3 Å². The maximum absolute atomic E-state index is 13.1. The molecule has 2 aromatic carbocycles. The number of carbonyl (C=O) groups excluding carboxylic acids is 1. The fourth-order valence-electron chi connectivity index (χ4n) is 3.54. The summed E-state index contributed by atoms with van der Waals surface area (Å²) >= 11 is 25.4. The first-order valence-corrected chi connectivity index (χ1v) is 11.3. The van der Waals surface area contributed by atoms with Gasteiger partial charge in [0.05, 0.1) is 25.7 Å². The molecule has 1 aliphatic heterocycles. The molecule has 0 spiro atoms. The Hall–Kier alpha value is -2.25. The summed E-state index contributed by atoms with van der Waals surface area (Å²) in [7, 11) is 0. The molecule has 0 unspecified atom stereocenters. The lowest BCUT2D eigenvalue weighted by Crippen LogP contribution is -2.30. The zero-order valence-corrected chi connectivity index (χ0v) is 19.9. The Bertz CT molecular complexity index is 1160. The third-order valence-corrected chi connectivity index (χ3v) is 6.33. The van der Waals surface area contributed by atoms with Gasteiger partial charge in [0.2, 0.25) is 0 Å². The van der Waals surface area contributed by atoms with Gasteiger partial charge in [-0.25, -0.2) is 4.79 Å². The molecule has 0 saturated carbocycles. The highest BCUT2D eigenvalue weighted by Crippen LogP contribution is 2.37. The number of rotatable bonds is 4. The third kappa shape index (κ3) is 4.46. The molecule has 2 heterocycles. The molecule has 32 heavy (non-hydrogen) atoms. The van der Waals surface area contributed by atoms with E-state index in [1.54, 1.807) is 43.3 Å². The van der Waals surface area contributed by atoms with Crippen LogP contribution in [0.2, 0.25) is 20.1 Å². The molecule has 0 aliphatic carbocycles. The van der Waals surface area contributed by atoms with E-state index in [0.717, 1.165) is 25.9 Å². The minimum absolute atomic E-state index is 0.0785. The molecule has 0 N–H and O–H groups in total. The molecule has 10 heteroatoms. The van der Waals surface area contributed by atoms with Gasteiger partial charge in [-0.3, -0.25) is 0 Å². The van der Waals surface area contributed by atoms with Crippen LogP contribution in [0.4, 0.5) is 0 Å². The fraction of sp³-hybridized carbons (Fsp3) is 0.227. The molecule has 166 valence electrons. The Kier molecular flexibility index (Phi) is 6.96. The van der Waals surface area contributed by atoms with Gasteiger partial charge in [0, 0.05) is 18.7 Å². The second kappa shape index (κ2) is 9.71. The first kappa shape index (κ1) is 22.9. The fourth-order valence-corrected chi connectivity index (χ4v) is 4.68. The smallest absolute Gasteiger partial charge is 0.360 e. The van der Waals surface area contributed by atoms with E-state index < -0.39 is 5.97 Å². The summed E-state index contributed by atoms with van der Waals surface area (Å²) in [5.41, 5.74) is 1.13. The van der Waals surface area contributed by atoms with Gasteiger partial charge in [0.15, 0.2) is 5.84 Å². The van der Waals surface area contributed by atoms with E-state index in [0.29, 0.717) is 37.1 Å². The number of aromatic nitrogens is 1. The SMILES string of the molecule is Cc1onc(-c2c(Cl)cccc2Cl)c1C(=O)O/N=C(\c1c(Cl)cccc1Cl)N1CCCC1. The van der Waals surface area contributed by atoms with Crippen LogP contribution in [0.25, 0.3) is 11.3 Å². The largest absolute Gasteiger partial charge is 0.371 e. The van der Waals surface area contributed by atoms with Crippen LogP contribution in [0.3, 0.4) is 0 Å². The van der Waals surface area contributed by atoms with Gasteiger partial charge >= 0.3 is 5.97 Å². The quantitative estimate of drug-likeness (QED) is 0.165. The second-order valence-corrected chi connectivity index (χ2v) is 8.77. The van der Waals surface area contributed by atoms with E-state index >= 15 is 0 Å². The summed E-state index contributed by atoms with van der Waals surface area (Å²) in [6, 6.07) is 10.1. The second-order valence-electron chi connectivity index (χ2n) is 7.14. The minimum atomic E-state index is -0.769. The molecular weight excluding hydrogens is 496 g/mol. The van der Waals surface area contributed by atoms with Crippen molar-refractivity contribution in [3.05, 3.63) is 73.4 Å². The number of hydrogen-bond donors (Lipinski definition) is 0. The zero-order valence-electron chi connectivity index (χ0n) is 16.9. The summed E-state index contributed by atoms with van der Waals surface area (Å²) in [5, 5.41) is 9.60. The number of carbonyl (C=O) groups is 1. The van der Waals surface area contributed by atoms with Crippen molar-refractivity contribution in [2.75, 3.05) is 13.1 Å². The molecule has 6 nitrogen and oxygen atoms in total. The lowest BCUT2D eigenvalue weighted by molar-refractivity contribution is 0.0510. The lowest BCUT2D eigenvalue weighted by atomic mass is 10.1. The van der Waals surface area contributed by atoms with E-state index in [1.165, 1.54) is 0 Å². The number of oxime groups is 1. The van der Waals surface area contributed by atoms with Crippen molar-refractivity contribution in [1.82, 2.24) is 10.1 Å². The van der Waals surface area contributed by atoms with Gasteiger partial charge in [-0.15, -0.1) is 0 Å². The molecule has 0 bridgehead atoms. The number of aryl methyl sites for hydroxylation is 1. The van der Waals surface area contributed by atoms with Crippen LogP contribution < -0.4 is 0 Å². The number of amidine groups is 1. The van der Waals surface area contributed by atoms with Crippen LogP contribution in [0, 0.1) is 6.92 Å². The van der Waals surface area contributed by atoms with E-state index in [-0.39, 0.29) is 17.0 Å². The number of likely N-dealkylation sites (tertiary alicyclic amines) is 1. The summed E-state index contributed by atoms with van der Waals surface area (Å²) in [5.74, 6) is -0.137. The van der Waals surface area contributed by atoms with Gasteiger partial charge in [-0.2, -0.15) is 0 Å².